The van der Waals surface area contributed by atoms with Gasteiger partial charge in [-0.05, 0) is 24.6 Å². The number of carbonyl (C=O) groups is 1. The van der Waals surface area contributed by atoms with Crippen LogP contribution in [0.25, 0.3) is 0 Å². The second kappa shape index (κ2) is 7.25. The number of aromatic nitrogens is 1. The number of pyridine rings is 1. The molecule has 23 heavy (non-hydrogen) atoms. The van der Waals surface area contributed by atoms with Gasteiger partial charge in [-0.3, -0.25) is 4.79 Å². The lowest BCUT2D eigenvalue weighted by atomic mass is 10.0. The number of ketones is 1. The molecule has 0 bridgehead atoms. The van der Waals surface area contributed by atoms with E-state index >= 15 is 0 Å². The van der Waals surface area contributed by atoms with Crippen molar-refractivity contribution in [3.05, 3.63) is 95.2 Å². The summed E-state index contributed by atoms with van der Waals surface area (Å²) in [6.07, 6.45) is 0. The number of aryl methyl sites for hydroxylation is 1. The van der Waals surface area contributed by atoms with E-state index < -0.39 is 0 Å². The first kappa shape index (κ1) is 15.5. The minimum atomic E-state index is 0.0233. The van der Waals surface area contributed by atoms with E-state index in [2.05, 4.69) is 17.1 Å². The Balaban J connectivity index is 1.74. The molecule has 0 amide bonds. The van der Waals surface area contributed by atoms with Crippen LogP contribution < -0.4 is 0 Å². The van der Waals surface area contributed by atoms with Crippen LogP contribution in [0.5, 0.6) is 0 Å². The maximum Gasteiger partial charge on any atom is 0.194 e. The van der Waals surface area contributed by atoms with Crippen LogP contribution in [-0.2, 0) is 5.75 Å². The molecule has 114 valence electrons. The highest BCUT2D eigenvalue weighted by molar-refractivity contribution is 7.98. The predicted molar refractivity (Wildman–Crippen MR) is 94.9 cm³/mol. The van der Waals surface area contributed by atoms with Crippen molar-refractivity contribution in [2.75, 3.05) is 0 Å². The standard InChI is InChI=1S/C20H17NOS/c1-15-18(20(22)17-10-6-3-7-11-17)12-13-19(21-15)23-14-16-8-4-2-5-9-16/h2-13H,14H2,1H3. The van der Waals surface area contributed by atoms with E-state index in [-0.39, 0.29) is 5.78 Å². The third-order valence-electron chi connectivity index (χ3n) is 3.57. The fraction of sp³-hybridized carbons (Fsp3) is 0.100. The van der Waals surface area contributed by atoms with Crippen molar-refractivity contribution in [1.29, 1.82) is 0 Å². The smallest absolute Gasteiger partial charge is 0.194 e. The van der Waals surface area contributed by atoms with Crippen LogP contribution in [-0.4, -0.2) is 10.8 Å². The summed E-state index contributed by atoms with van der Waals surface area (Å²) in [7, 11) is 0. The Morgan fingerprint density at radius 1 is 0.913 bits per heavy atom. The van der Waals surface area contributed by atoms with Crippen molar-refractivity contribution < 1.29 is 4.79 Å². The number of benzene rings is 2. The highest BCUT2D eigenvalue weighted by atomic mass is 32.2. The number of hydrogen-bond donors (Lipinski definition) is 0. The van der Waals surface area contributed by atoms with Crippen molar-refractivity contribution in [3.8, 4) is 0 Å². The SMILES string of the molecule is Cc1nc(SCc2ccccc2)ccc1C(=O)c1ccccc1. The first-order valence-electron chi connectivity index (χ1n) is 7.48. The number of hydrogen-bond acceptors (Lipinski definition) is 3. The number of nitrogens with zero attached hydrogens (tertiary/aromatic N) is 1. The molecule has 0 fully saturated rings. The van der Waals surface area contributed by atoms with Crippen LogP contribution in [0.15, 0.2) is 77.8 Å². The van der Waals surface area contributed by atoms with Crippen LogP contribution in [0.4, 0.5) is 0 Å². The Hall–Kier alpha value is -2.39. The molecule has 0 N–H and O–H groups in total. The Bertz CT molecular complexity index is 800. The number of carbonyl (C=O) groups excluding carboxylic acids is 1. The molecule has 0 aliphatic heterocycles. The van der Waals surface area contributed by atoms with Gasteiger partial charge < -0.3 is 0 Å². The van der Waals surface area contributed by atoms with Gasteiger partial charge in [0.2, 0.25) is 0 Å². The maximum atomic E-state index is 12.5. The Morgan fingerprint density at radius 3 is 2.22 bits per heavy atom. The normalized spacial score (nSPS) is 10.5. The second-order valence-corrected chi connectivity index (χ2v) is 6.25. The quantitative estimate of drug-likeness (QED) is 0.494. The van der Waals surface area contributed by atoms with E-state index in [0.29, 0.717) is 11.1 Å². The fourth-order valence-corrected chi connectivity index (χ4v) is 3.21. The summed E-state index contributed by atoms with van der Waals surface area (Å²) in [6, 6.07) is 23.4. The molecule has 0 unspecified atom stereocenters. The molecule has 0 radical (unpaired) electrons. The van der Waals surface area contributed by atoms with Crippen LogP contribution in [0.2, 0.25) is 0 Å². The highest BCUT2D eigenvalue weighted by Gasteiger charge is 2.12. The van der Waals surface area contributed by atoms with Crippen molar-refractivity contribution in [3.63, 3.8) is 0 Å². The monoisotopic (exact) mass is 319 g/mol. The summed E-state index contributed by atoms with van der Waals surface area (Å²) in [5, 5.41) is 0.941. The summed E-state index contributed by atoms with van der Waals surface area (Å²) in [5.41, 5.74) is 3.40. The van der Waals surface area contributed by atoms with Gasteiger partial charge >= 0.3 is 0 Å². The summed E-state index contributed by atoms with van der Waals surface area (Å²) in [5.74, 6) is 0.898. The fourth-order valence-electron chi connectivity index (χ4n) is 2.33. The molecule has 0 saturated heterocycles. The molecule has 2 aromatic carbocycles. The largest absolute Gasteiger partial charge is 0.289 e. The molecule has 0 atom stereocenters. The van der Waals surface area contributed by atoms with E-state index in [1.54, 1.807) is 11.8 Å². The van der Waals surface area contributed by atoms with E-state index in [9.17, 15) is 4.79 Å². The summed E-state index contributed by atoms with van der Waals surface area (Å²) >= 11 is 1.68. The van der Waals surface area contributed by atoms with E-state index in [4.69, 9.17) is 0 Å². The Kier molecular flexibility index (Phi) is 4.89. The summed E-state index contributed by atoms with van der Waals surface area (Å²) in [4.78, 5) is 17.1. The lowest BCUT2D eigenvalue weighted by molar-refractivity contribution is 0.103. The zero-order valence-electron chi connectivity index (χ0n) is 12.9. The van der Waals surface area contributed by atoms with E-state index in [1.807, 2.05) is 67.6 Å². The molecule has 1 aromatic heterocycles. The molecule has 1 heterocycles. The third-order valence-corrected chi connectivity index (χ3v) is 4.57. The van der Waals surface area contributed by atoms with Crippen LogP contribution >= 0.6 is 11.8 Å². The van der Waals surface area contributed by atoms with Crippen LogP contribution in [0.3, 0.4) is 0 Å². The molecular formula is C20H17NOS. The van der Waals surface area contributed by atoms with Gasteiger partial charge in [0, 0.05) is 22.6 Å². The average molecular weight is 319 g/mol. The molecular weight excluding hydrogens is 302 g/mol. The van der Waals surface area contributed by atoms with Gasteiger partial charge in [-0.25, -0.2) is 4.98 Å². The van der Waals surface area contributed by atoms with Gasteiger partial charge in [-0.2, -0.15) is 0 Å². The van der Waals surface area contributed by atoms with E-state index in [0.717, 1.165) is 16.5 Å². The van der Waals surface area contributed by atoms with E-state index in [1.165, 1.54) is 5.56 Å². The van der Waals surface area contributed by atoms with Crippen LogP contribution in [0.1, 0.15) is 27.2 Å². The molecule has 0 saturated carbocycles. The van der Waals surface area contributed by atoms with Gasteiger partial charge in [0.15, 0.2) is 5.78 Å². The topological polar surface area (TPSA) is 30.0 Å². The molecule has 0 spiro atoms. The summed E-state index contributed by atoms with van der Waals surface area (Å²) in [6.45, 7) is 1.89. The molecule has 3 aromatic rings. The minimum absolute atomic E-state index is 0.0233. The lowest BCUT2D eigenvalue weighted by Gasteiger charge is -2.07. The number of thioether (sulfide) groups is 1. The highest BCUT2D eigenvalue weighted by Crippen LogP contribution is 2.23. The maximum absolute atomic E-state index is 12.5. The van der Waals surface area contributed by atoms with Gasteiger partial charge in [-0.1, -0.05) is 60.7 Å². The molecule has 0 aliphatic rings. The average Bonchev–Trinajstić information content (AvgIpc) is 2.61. The van der Waals surface area contributed by atoms with Crippen molar-refractivity contribution in [2.45, 2.75) is 17.7 Å². The zero-order valence-corrected chi connectivity index (χ0v) is 13.7. The summed E-state index contributed by atoms with van der Waals surface area (Å²) < 4.78 is 0. The first-order chi connectivity index (χ1) is 11.2. The van der Waals surface area contributed by atoms with Gasteiger partial charge in [-0.15, -0.1) is 11.8 Å². The lowest BCUT2D eigenvalue weighted by Crippen LogP contribution is -2.05. The van der Waals surface area contributed by atoms with Crippen molar-refractivity contribution in [2.24, 2.45) is 0 Å². The minimum Gasteiger partial charge on any atom is -0.289 e. The second-order valence-electron chi connectivity index (χ2n) is 5.25. The molecule has 2 nitrogen and oxygen atoms in total. The molecule has 3 heteroatoms. The van der Waals surface area contributed by atoms with Gasteiger partial charge in [0.25, 0.3) is 0 Å². The van der Waals surface area contributed by atoms with Gasteiger partial charge in [0.05, 0.1) is 5.03 Å². The molecule has 3 rings (SSSR count). The van der Waals surface area contributed by atoms with Crippen LogP contribution in [0, 0.1) is 6.92 Å². The van der Waals surface area contributed by atoms with Crippen molar-refractivity contribution in [1.82, 2.24) is 4.98 Å². The molecule has 0 aliphatic carbocycles. The number of rotatable bonds is 5. The first-order valence-corrected chi connectivity index (χ1v) is 8.47. The van der Waals surface area contributed by atoms with Crippen molar-refractivity contribution >= 4 is 17.5 Å². The van der Waals surface area contributed by atoms with Gasteiger partial charge in [0.1, 0.15) is 0 Å². The predicted octanol–water partition coefficient (Wildman–Crippen LogP) is 4.91. The Labute approximate surface area is 140 Å². The zero-order chi connectivity index (χ0) is 16.1. The third kappa shape index (κ3) is 3.88. The Morgan fingerprint density at radius 2 is 1.57 bits per heavy atom.